The summed E-state index contributed by atoms with van der Waals surface area (Å²) in [5.74, 6) is 0.868. The molecule has 1 amide bonds. The van der Waals surface area contributed by atoms with Crippen LogP contribution in [0.5, 0.6) is 0 Å². The quantitative estimate of drug-likeness (QED) is 0.849. The van der Waals surface area contributed by atoms with Crippen molar-refractivity contribution in [1.82, 2.24) is 24.6 Å². The van der Waals surface area contributed by atoms with E-state index in [1.165, 1.54) is 12.5 Å². The summed E-state index contributed by atoms with van der Waals surface area (Å²) < 4.78 is 25.5. The van der Waals surface area contributed by atoms with Gasteiger partial charge in [0.25, 0.3) is 0 Å². The van der Waals surface area contributed by atoms with Gasteiger partial charge in [0, 0.05) is 44.1 Å². The van der Waals surface area contributed by atoms with E-state index in [1.54, 1.807) is 17.3 Å². The topological polar surface area (TPSA) is 101 Å². The Bertz CT molecular complexity index is 839. The molecule has 1 fully saturated rings. The van der Waals surface area contributed by atoms with Crippen LogP contribution in [0.25, 0.3) is 0 Å². The molecule has 1 aliphatic rings. The number of carbonyl (C=O) groups is 1. The predicted octanol–water partition coefficient (Wildman–Crippen LogP) is 0.588. The molecular weight excluding hydrogens is 330 g/mol. The smallest absolute Gasteiger partial charge is 0.242 e. The maximum atomic E-state index is 12.5. The first kappa shape index (κ1) is 16.7. The average molecular weight is 351 g/mol. The normalized spacial score (nSPS) is 18.2. The van der Waals surface area contributed by atoms with E-state index in [2.05, 4.69) is 15.2 Å². The number of likely N-dealkylation sites (tertiary alicyclic amines) is 1. The van der Waals surface area contributed by atoms with Crippen LogP contribution in [0.3, 0.4) is 0 Å². The summed E-state index contributed by atoms with van der Waals surface area (Å²) in [7, 11) is -3.32. The molecular formula is C15H21N5O3S. The third-order valence-corrected chi connectivity index (χ3v) is 5.53. The van der Waals surface area contributed by atoms with Crippen LogP contribution >= 0.6 is 0 Å². The number of imidazole rings is 1. The van der Waals surface area contributed by atoms with E-state index in [9.17, 15) is 13.2 Å². The van der Waals surface area contributed by atoms with Crippen LogP contribution in [-0.4, -0.2) is 58.3 Å². The number of H-pyrrole nitrogens is 1. The van der Waals surface area contributed by atoms with E-state index >= 15 is 0 Å². The van der Waals surface area contributed by atoms with Crippen LogP contribution in [-0.2, 0) is 27.6 Å². The van der Waals surface area contributed by atoms with Gasteiger partial charge in [0.1, 0.15) is 17.3 Å². The number of carbonyl (C=O) groups excluding carboxylic acids is 1. The third-order valence-electron chi connectivity index (χ3n) is 4.40. The second kappa shape index (κ2) is 6.39. The molecule has 1 N–H and O–H groups in total. The van der Waals surface area contributed by atoms with Crippen LogP contribution in [0, 0.1) is 0 Å². The minimum atomic E-state index is -3.32. The Morgan fingerprint density at radius 2 is 2.25 bits per heavy atom. The van der Waals surface area contributed by atoms with Gasteiger partial charge >= 0.3 is 0 Å². The van der Waals surface area contributed by atoms with Crippen molar-refractivity contribution in [3.05, 3.63) is 30.1 Å². The van der Waals surface area contributed by atoms with Gasteiger partial charge in [-0.25, -0.2) is 13.4 Å². The highest BCUT2D eigenvalue weighted by molar-refractivity contribution is 7.90. The van der Waals surface area contributed by atoms with E-state index in [0.29, 0.717) is 18.8 Å². The Kier molecular flexibility index (Phi) is 4.44. The van der Waals surface area contributed by atoms with Gasteiger partial charge in [-0.15, -0.1) is 0 Å². The fourth-order valence-corrected chi connectivity index (χ4v) is 4.00. The maximum Gasteiger partial charge on any atom is 0.242 e. The van der Waals surface area contributed by atoms with Crippen molar-refractivity contribution in [1.29, 1.82) is 0 Å². The zero-order valence-electron chi connectivity index (χ0n) is 13.8. The molecule has 3 heterocycles. The average Bonchev–Trinajstić information content (AvgIpc) is 3.25. The molecule has 0 aliphatic carbocycles. The molecule has 24 heavy (non-hydrogen) atoms. The van der Waals surface area contributed by atoms with E-state index in [1.807, 2.05) is 11.5 Å². The SMILES string of the molecule is CCc1nccn1CC(=O)N1CCC(c2[nH]ncc2S(C)(=O)=O)C1. The summed E-state index contributed by atoms with van der Waals surface area (Å²) in [6.07, 6.45) is 7.51. The standard InChI is InChI=1S/C15H21N5O3S/c1-3-13-16-5-7-19(13)10-14(21)20-6-4-11(9-20)15-12(8-17-18-15)24(2,22)23/h5,7-8,11H,3-4,6,9-10H2,1-2H3,(H,17,18). The number of sulfone groups is 1. The first-order valence-corrected chi connectivity index (χ1v) is 9.80. The maximum absolute atomic E-state index is 12.5. The number of aromatic amines is 1. The number of nitrogens with one attached hydrogen (secondary N) is 1. The molecule has 8 nitrogen and oxygen atoms in total. The monoisotopic (exact) mass is 351 g/mol. The first-order chi connectivity index (χ1) is 11.4. The minimum Gasteiger partial charge on any atom is -0.340 e. The van der Waals surface area contributed by atoms with Gasteiger partial charge in [0.2, 0.25) is 5.91 Å². The van der Waals surface area contributed by atoms with Crippen molar-refractivity contribution >= 4 is 15.7 Å². The Hall–Kier alpha value is -2.16. The molecule has 0 spiro atoms. The zero-order chi connectivity index (χ0) is 17.3. The summed E-state index contributed by atoms with van der Waals surface area (Å²) in [5, 5.41) is 6.66. The van der Waals surface area contributed by atoms with Crippen LogP contribution in [0.4, 0.5) is 0 Å². The van der Waals surface area contributed by atoms with Crippen LogP contribution in [0.1, 0.15) is 30.8 Å². The van der Waals surface area contributed by atoms with Gasteiger partial charge in [0.05, 0.1) is 11.9 Å². The summed E-state index contributed by atoms with van der Waals surface area (Å²) in [5.41, 5.74) is 0.602. The van der Waals surface area contributed by atoms with Crippen LogP contribution < -0.4 is 0 Å². The number of hydrogen-bond donors (Lipinski definition) is 1. The van der Waals surface area contributed by atoms with Gasteiger partial charge in [-0.1, -0.05) is 6.92 Å². The van der Waals surface area contributed by atoms with Crippen molar-refractivity contribution in [2.24, 2.45) is 0 Å². The molecule has 1 saturated heterocycles. The second-order valence-electron chi connectivity index (χ2n) is 6.07. The number of amides is 1. The molecule has 1 atom stereocenters. The molecule has 0 aromatic carbocycles. The summed E-state index contributed by atoms with van der Waals surface area (Å²) in [6.45, 7) is 3.37. The van der Waals surface area contributed by atoms with Crippen molar-refractivity contribution in [3.63, 3.8) is 0 Å². The highest BCUT2D eigenvalue weighted by Crippen LogP contribution is 2.30. The molecule has 2 aromatic rings. The van der Waals surface area contributed by atoms with Crippen LogP contribution in [0.2, 0.25) is 0 Å². The molecule has 1 aliphatic heterocycles. The van der Waals surface area contributed by atoms with Crippen molar-refractivity contribution in [3.8, 4) is 0 Å². The number of rotatable bonds is 5. The minimum absolute atomic E-state index is 0.0191. The number of hydrogen-bond acceptors (Lipinski definition) is 5. The van der Waals surface area contributed by atoms with Gasteiger partial charge in [-0.2, -0.15) is 5.10 Å². The lowest BCUT2D eigenvalue weighted by molar-refractivity contribution is -0.130. The molecule has 3 rings (SSSR count). The first-order valence-electron chi connectivity index (χ1n) is 7.91. The number of aromatic nitrogens is 4. The molecule has 1 unspecified atom stereocenters. The van der Waals surface area contributed by atoms with Gasteiger partial charge in [0.15, 0.2) is 9.84 Å². The van der Waals surface area contributed by atoms with Gasteiger partial charge < -0.3 is 9.47 Å². The van der Waals surface area contributed by atoms with E-state index in [0.717, 1.165) is 18.7 Å². The van der Waals surface area contributed by atoms with Crippen LogP contribution in [0.15, 0.2) is 23.5 Å². The molecule has 130 valence electrons. The Morgan fingerprint density at radius 3 is 2.96 bits per heavy atom. The summed E-state index contributed by atoms with van der Waals surface area (Å²) >= 11 is 0. The van der Waals surface area contributed by atoms with Gasteiger partial charge in [-0.05, 0) is 6.42 Å². The lowest BCUT2D eigenvalue weighted by atomic mass is 10.1. The van der Waals surface area contributed by atoms with Crippen molar-refractivity contribution < 1.29 is 13.2 Å². The van der Waals surface area contributed by atoms with Crippen molar-refractivity contribution in [2.75, 3.05) is 19.3 Å². The molecule has 0 radical (unpaired) electrons. The Morgan fingerprint density at radius 1 is 1.46 bits per heavy atom. The zero-order valence-corrected chi connectivity index (χ0v) is 14.6. The van der Waals surface area contributed by atoms with E-state index < -0.39 is 9.84 Å². The molecule has 0 bridgehead atoms. The molecule has 0 saturated carbocycles. The van der Waals surface area contributed by atoms with E-state index in [-0.39, 0.29) is 23.3 Å². The molecule has 9 heteroatoms. The fraction of sp³-hybridized carbons (Fsp3) is 0.533. The lowest BCUT2D eigenvalue weighted by Crippen LogP contribution is -2.32. The number of aryl methyl sites for hydroxylation is 1. The number of nitrogens with zero attached hydrogens (tertiary/aromatic N) is 4. The predicted molar refractivity (Wildman–Crippen MR) is 87.2 cm³/mol. The summed E-state index contributed by atoms with van der Waals surface area (Å²) in [4.78, 5) is 18.7. The lowest BCUT2D eigenvalue weighted by Gasteiger charge is -2.17. The Balaban J connectivity index is 1.70. The third kappa shape index (κ3) is 3.21. The summed E-state index contributed by atoms with van der Waals surface area (Å²) in [6, 6.07) is 0. The van der Waals surface area contributed by atoms with E-state index in [4.69, 9.17) is 0 Å². The second-order valence-corrected chi connectivity index (χ2v) is 8.05. The highest BCUT2D eigenvalue weighted by Gasteiger charge is 2.31. The Labute approximate surface area is 140 Å². The van der Waals surface area contributed by atoms with Gasteiger partial charge in [-0.3, -0.25) is 9.89 Å². The molecule has 2 aromatic heterocycles. The largest absolute Gasteiger partial charge is 0.340 e. The highest BCUT2D eigenvalue weighted by atomic mass is 32.2. The fourth-order valence-electron chi connectivity index (χ4n) is 3.14. The van der Waals surface area contributed by atoms with Crippen molar-refractivity contribution in [2.45, 2.75) is 37.1 Å².